The van der Waals surface area contributed by atoms with Gasteiger partial charge in [-0.05, 0) is 61.1 Å². The predicted octanol–water partition coefficient (Wildman–Crippen LogP) is 9.34. The molecular formula is C33H52O2. The van der Waals surface area contributed by atoms with Crippen LogP contribution in [-0.2, 0) is 28.9 Å². The number of hydrogen-bond acceptors (Lipinski definition) is 2. The molecule has 2 rings (SSSR count). The molecule has 0 aromatic heterocycles. The van der Waals surface area contributed by atoms with Crippen LogP contribution in [0.2, 0.25) is 0 Å². The Kier molecular flexibility index (Phi) is 16.5. The number of rotatable bonds is 21. The Morgan fingerprint density at radius 3 is 1.91 bits per heavy atom. The number of benzene rings is 2. The van der Waals surface area contributed by atoms with Crippen molar-refractivity contribution in [3.8, 4) is 0 Å². The quantitative estimate of drug-likeness (QED) is 0.166. The van der Waals surface area contributed by atoms with E-state index in [1.807, 2.05) is 6.07 Å². The highest BCUT2D eigenvalue weighted by Gasteiger charge is 2.07. The molecule has 1 unspecified atom stereocenters. The minimum Gasteiger partial charge on any atom is -0.379 e. The molecule has 0 aliphatic rings. The van der Waals surface area contributed by atoms with Gasteiger partial charge in [0.25, 0.3) is 0 Å². The first-order valence-corrected chi connectivity index (χ1v) is 14.5. The van der Waals surface area contributed by atoms with Gasteiger partial charge in [-0.1, -0.05) is 120 Å². The lowest BCUT2D eigenvalue weighted by atomic mass is 10.00. The van der Waals surface area contributed by atoms with Gasteiger partial charge in [0, 0.05) is 6.61 Å². The normalized spacial score (nSPS) is 12.3. The zero-order valence-corrected chi connectivity index (χ0v) is 23.0. The van der Waals surface area contributed by atoms with Crippen molar-refractivity contribution in [2.75, 3.05) is 13.2 Å². The summed E-state index contributed by atoms with van der Waals surface area (Å²) in [6, 6.07) is 19.7. The van der Waals surface area contributed by atoms with Gasteiger partial charge in [-0.25, -0.2) is 0 Å². The molecule has 0 fully saturated rings. The summed E-state index contributed by atoms with van der Waals surface area (Å²) in [5.41, 5.74) is 4.24. The van der Waals surface area contributed by atoms with Gasteiger partial charge in [0.2, 0.25) is 0 Å². The van der Waals surface area contributed by atoms with Gasteiger partial charge in [-0.2, -0.15) is 0 Å². The summed E-state index contributed by atoms with van der Waals surface area (Å²) in [5.74, 6) is 0.861. The van der Waals surface area contributed by atoms with Gasteiger partial charge in [-0.3, -0.25) is 0 Å². The molecule has 0 amide bonds. The van der Waals surface area contributed by atoms with E-state index in [0.717, 1.165) is 25.4 Å². The van der Waals surface area contributed by atoms with E-state index in [0.29, 0.717) is 13.2 Å². The van der Waals surface area contributed by atoms with E-state index in [1.54, 1.807) is 0 Å². The van der Waals surface area contributed by atoms with Crippen molar-refractivity contribution >= 4 is 0 Å². The standard InChI is InChI=1S/C33H52O2/c1-4-33(35-27-32-21-13-9-14-22-32)28-34-25-16-10-15-20-31-24-17-23-30(26-31)19-12-8-6-5-7-11-18-29(2)3/h9,13-14,17,21-24,26,29,33H,4-8,10-12,15-16,18-20,25,27-28H2,1-3H3. The van der Waals surface area contributed by atoms with E-state index >= 15 is 0 Å². The lowest BCUT2D eigenvalue weighted by Crippen LogP contribution is -2.19. The third-order valence-corrected chi connectivity index (χ3v) is 6.83. The van der Waals surface area contributed by atoms with Crippen molar-refractivity contribution in [2.24, 2.45) is 5.92 Å². The second kappa shape index (κ2) is 19.5. The zero-order valence-electron chi connectivity index (χ0n) is 23.0. The van der Waals surface area contributed by atoms with Crippen LogP contribution in [0.15, 0.2) is 54.6 Å². The second-order valence-corrected chi connectivity index (χ2v) is 10.6. The fourth-order valence-corrected chi connectivity index (χ4v) is 4.53. The fourth-order valence-electron chi connectivity index (χ4n) is 4.53. The molecule has 2 heteroatoms. The number of hydrogen-bond donors (Lipinski definition) is 0. The van der Waals surface area contributed by atoms with E-state index in [4.69, 9.17) is 9.47 Å². The van der Waals surface area contributed by atoms with E-state index < -0.39 is 0 Å². The number of aryl methyl sites for hydroxylation is 2. The molecule has 196 valence electrons. The summed E-state index contributed by atoms with van der Waals surface area (Å²) in [7, 11) is 0. The first-order chi connectivity index (χ1) is 17.2. The van der Waals surface area contributed by atoms with Crippen LogP contribution in [0.1, 0.15) is 108 Å². The highest BCUT2D eigenvalue weighted by atomic mass is 16.5. The van der Waals surface area contributed by atoms with E-state index in [9.17, 15) is 0 Å². The summed E-state index contributed by atoms with van der Waals surface area (Å²) >= 11 is 0. The number of unbranched alkanes of at least 4 members (excludes halogenated alkanes) is 7. The highest BCUT2D eigenvalue weighted by molar-refractivity contribution is 5.23. The average Bonchev–Trinajstić information content (AvgIpc) is 2.87. The van der Waals surface area contributed by atoms with Crippen LogP contribution in [-0.4, -0.2) is 19.3 Å². The molecular weight excluding hydrogens is 428 g/mol. The molecule has 2 nitrogen and oxygen atoms in total. The van der Waals surface area contributed by atoms with E-state index in [2.05, 4.69) is 69.3 Å². The maximum Gasteiger partial charge on any atom is 0.0810 e. The second-order valence-electron chi connectivity index (χ2n) is 10.6. The average molecular weight is 481 g/mol. The van der Waals surface area contributed by atoms with Crippen LogP contribution < -0.4 is 0 Å². The third kappa shape index (κ3) is 15.2. The van der Waals surface area contributed by atoms with Crippen molar-refractivity contribution in [2.45, 2.75) is 117 Å². The topological polar surface area (TPSA) is 18.5 Å². The monoisotopic (exact) mass is 480 g/mol. The first kappa shape index (κ1) is 29.6. The van der Waals surface area contributed by atoms with Crippen molar-refractivity contribution in [3.05, 3.63) is 71.3 Å². The van der Waals surface area contributed by atoms with Gasteiger partial charge in [-0.15, -0.1) is 0 Å². The molecule has 35 heavy (non-hydrogen) atoms. The maximum atomic E-state index is 6.01. The lowest BCUT2D eigenvalue weighted by molar-refractivity contribution is -0.0268. The zero-order chi connectivity index (χ0) is 25.0. The number of ether oxygens (including phenoxy) is 2. The van der Waals surface area contributed by atoms with Gasteiger partial charge < -0.3 is 9.47 Å². The Bertz CT molecular complexity index is 740. The Hall–Kier alpha value is -1.64. The molecule has 0 bridgehead atoms. The summed E-state index contributed by atoms with van der Waals surface area (Å²) in [6.07, 6.45) is 16.9. The molecule has 0 aliphatic carbocycles. The van der Waals surface area contributed by atoms with Crippen molar-refractivity contribution < 1.29 is 9.47 Å². The van der Waals surface area contributed by atoms with Crippen molar-refractivity contribution in [1.29, 1.82) is 0 Å². The van der Waals surface area contributed by atoms with Gasteiger partial charge in [0.1, 0.15) is 0 Å². The molecule has 0 saturated heterocycles. The van der Waals surface area contributed by atoms with Crippen LogP contribution in [0, 0.1) is 5.92 Å². The van der Waals surface area contributed by atoms with Crippen LogP contribution in [0.3, 0.4) is 0 Å². The largest absolute Gasteiger partial charge is 0.379 e. The van der Waals surface area contributed by atoms with Crippen LogP contribution in [0.4, 0.5) is 0 Å². The summed E-state index contributed by atoms with van der Waals surface area (Å²) < 4.78 is 11.9. The van der Waals surface area contributed by atoms with Crippen LogP contribution in [0.25, 0.3) is 0 Å². The summed E-state index contributed by atoms with van der Waals surface area (Å²) in [6.45, 7) is 9.03. The molecule has 1 atom stereocenters. The van der Waals surface area contributed by atoms with Crippen LogP contribution in [0.5, 0.6) is 0 Å². The Morgan fingerprint density at radius 2 is 1.26 bits per heavy atom. The van der Waals surface area contributed by atoms with Gasteiger partial charge in [0.05, 0.1) is 19.3 Å². The Labute approximate surface area is 216 Å². The molecule has 0 saturated carbocycles. The molecule has 0 N–H and O–H groups in total. The molecule has 0 spiro atoms. The third-order valence-electron chi connectivity index (χ3n) is 6.83. The van der Waals surface area contributed by atoms with Gasteiger partial charge >= 0.3 is 0 Å². The molecule has 2 aromatic rings. The smallest absolute Gasteiger partial charge is 0.0810 e. The molecule has 2 aromatic carbocycles. The van der Waals surface area contributed by atoms with Crippen LogP contribution >= 0.6 is 0 Å². The maximum absolute atomic E-state index is 6.01. The lowest BCUT2D eigenvalue weighted by Gasteiger charge is -2.16. The highest BCUT2D eigenvalue weighted by Crippen LogP contribution is 2.15. The Balaban J connectivity index is 1.47. The minimum absolute atomic E-state index is 0.183. The van der Waals surface area contributed by atoms with Crippen molar-refractivity contribution in [3.63, 3.8) is 0 Å². The predicted molar refractivity (Wildman–Crippen MR) is 151 cm³/mol. The minimum atomic E-state index is 0.183. The fraction of sp³-hybridized carbons (Fsp3) is 0.636. The summed E-state index contributed by atoms with van der Waals surface area (Å²) in [5, 5.41) is 0. The molecule has 0 aliphatic heterocycles. The Morgan fingerprint density at radius 1 is 0.657 bits per heavy atom. The van der Waals surface area contributed by atoms with E-state index in [-0.39, 0.29) is 6.10 Å². The van der Waals surface area contributed by atoms with Crippen molar-refractivity contribution in [1.82, 2.24) is 0 Å². The molecule has 0 radical (unpaired) electrons. The molecule has 0 heterocycles. The van der Waals surface area contributed by atoms with E-state index in [1.165, 1.54) is 87.3 Å². The SMILES string of the molecule is CCC(COCCCCCc1cccc(CCCCCCCCC(C)C)c1)OCc1ccccc1. The van der Waals surface area contributed by atoms with Gasteiger partial charge in [0.15, 0.2) is 0 Å². The first-order valence-electron chi connectivity index (χ1n) is 14.5. The summed E-state index contributed by atoms with van der Waals surface area (Å²) in [4.78, 5) is 0.